The van der Waals surface area contributed by atoms with Crippen LogP contribution in [0.5, 0.6) is 5.75 Å². The summed E-state index contributed by atoms with van der Waals surface area (Å²) < 4.78 is 10.8. The summed E-state index contributed by atoms with van der Waals surface area (Å²) in [5.74, 6) is 3.10. The first-order valence-corrected chi connectivity index (χ1v) is 8.65. The molecule has 8 heteroatoms. The van der Waals surface area contributed by atoms with Crippen molar-refractivity contribution in [3.8, 4) is 5.75 Å². The van der Waals surface area contributed by atoms with E-state index in [-0.39, 0.29) is 24.0 Å². The monoisotopic (exact) mass is 473 g/mol. The fourth-order valence-corrected chi connectivity index (χ4v) is 2.25. The van der Waals surface area contributed by atoms with Crippen molar-refractivity contribution in [2.45, 2.75) is 26.7 Å². The molecule has 2 aromatic rings. The number of hydrogen-bond acceptors (Lipinski definition) is 5. The number of para-hydroxylation sites is 1. The molecule has 0 fully saturated rings. The van der Waals surface area contributed by atoms with Gasteiger partial charge in [0.15, 0.2) is 11.8 Å². The van der Waals surface area contributed by atoms with Crippen LogP contribution < -0.4 is 10.1 Å². The maximum Gasteiger partial charge on any atom is 0.226 e. The van der Waals surface area contributed by atoms with E-state index in [0.717, 1.165) is 37.6 Å². The van der Waals surface area contributed by atoms with Crippen LogP contribution >= 0.6 is 24.0 Å². The van der Waals surface area contributed by atoms with Crippen LogP contribution in [0.3, 0.4) is 0 Å². The summed E-state index contributed by atoms with van der Waals surface area (Å²) in [5.41, 5.74) is 0. The number of aromatic nitrogens is 2. The molecule has 7 nitrogen and oxygen atoms in total. The van der Waals surface area contributed by atoms with Crippen LogP contribution in [0.1, 0.15) is 25.1 Å². The molecule has 0 aliphatic heterocycles. The fraction of sp³-hybridized carbons (Fsp3) is 0.500. The fourth-order valence-electron chi connectivity index (χ4n) is 2.25. The van der Waals surface area contributed by atoms with Crippen LogP contribution in [-0.4, -0.2) is 54.3 Å². The Hall–Kier alpha value is -1.84. The van der Waals surface area contributed by atoms with Crippen molar-refractivity contribution >= 4 is 29.9 Å². The first kappa shape index (κ1) is 22.2. The van der Waals surface area contributed by atoms with Crippen LogP contribution in [0.15, 0.2) is 39.8 Å². The average Bonchev–Trinajstić information content (AvgIpc) is 3.03. The molecular formula is C18H28IN5O2. The molecule has 0 aliphatic carbocycles. The Bertz CT molecular complexity index is 648. The van der Waals surface area contributed by atoms with Crippen LogP contribution in [0.2, 0.25) is 0 Å². The van der Waals surface area contributed by atoms with Crippen LogP contribution in [-0.2, 0) is 6.42 Å². The summed E-state index contributed by atoms with van der Waals surface area (Å²) in [7, 11) is 2.01. The van der Waals surface area contributed by atoms with Gasteiger partial charge < -0.3 is 19.5 Å². The highest BCUT2D eigenvalue weighted by Gasteiger charge is 2.06. The normalized spacial score (nSPS) is 11.0. The molecule has 0 atom stereocenters. The Morgan fingerprint density at radius 3 is 2.73 bits per heavy atom. The number of likely N-dealkylation sites (N-methyl/N-ethyl adjacent to an activating group) is 1. The molecule has 1 aromatic carbocycles. The topological polar surface area (TPSA) is 75.8 Å². The SMILES string of the molecule is CCNC(=NCCCc1nc(C)no1)N(C)CCOc1ccccc1.I. The number of aliphatic imine (C=N–C) groups is 1. The third-order valence-electron chi connectivity index (χ3n) is 3.52. The lowest BCUT2D eigenvalue weighted by atomic mass is 10.3. The standard InChI is InChI=1S/C18H27N5O2.HI/c1-4-19-18(20-12-8-11-17-21-15(2)22-25-17)23(3)13-14-24-16-9-6-5-7-10-16;/h5-7,9-10H,4,8,11-14H2,1-3H3,(H,19,20);1H. The summed E-state index contributed by atoms with van der Waals surface area (Å²) >= 11 is 0. The Labute approximate surface area is 172 Å². The number of nitrogens with zero attached hydrogens (tertiary/aromatic N) is 4. The minimum absolute atomic E-state index is 0. The number of nitrogens with one attached hydrogen (secondary N) is 1. The van der Waals surface area contributed by atoms with E-state index in [4.69, 9.17) is 9.26 Å². The number of hydrogen-bond donors (Lipinski definition) is 1. The Morgan fingerprint density at radius 1 is 1.31 bits per heavy atom. The second kappa shape index (κ2) is 12.5. The van der Waals surface area contributed by atoms with Crippen molar-refractivity contribution in [1.29, 1.82) is 0 Å². The van der Waals surface area contributed by atoms with E-state index in [0.29, 0.717) is 24.9 Å². The van der Waals surface area contributed by atoms with Crippen molar-refractivity contribution < 1.29 is 9.26 Å². The van der Waals surface area contributed by atoms with Crippen molar-refractivity contribution in [3.63, 3.8) is 0 Å². The largest absolute Gasteiger partial charge is 0.492 e. The minimum atomic E-state index is 0. The van der Waals surface area contributed by atoms with Crippen molar-refractivity contribution in [2.75, 3.05) is 33.3 Å². The Morgan fingerprint density at radius 2 is 2.08 bits per heavy atom. The first-order valence-electron chi connectivity index (χ1n) is 8.65. The summed E-state index contributed by atoms with van der Waals surface area (Å²) in [6.45, 7) is 6.76. The molecule has 0 saturated heterocycles. The quantitative estimate of drug-likeness (QED) is 0.261. The lowest BCUT2D eigenvalue weighted by molar-refractivity contribution is 0.281. The highest BCUT2D eigenvalue weighted by molar-refractivity contribution is 14.0. The van der Waals surface area contributed by atoms with Gasteiger partial charge in [0.2, 0.25) is 5.89 Å². The smallest absolute Gasteiger partial charge is 0.226 e. The van der Waals surface area contributed by atoms with Gasteiger partial charge in [0, 0.05) is 26.6 Å². The number of aryl methyl sites for hydroxylation is 2. The van der Waals surface area contributed by atoms with Crippen LogP contribution in [0.25, 0.3) is 0 Å². The summed E-state index contributed by atoms with van der Waals surface area (Å²) in [5, 5.41) is 7.09. The Balaban J connectivity index is 0.00000338. The van der Waals surface area contributed by atoms with E-state index in [9.17, 15) is 0 Å². The third-order valence-corrected chi connectivity index (χ3v) is 3.52. The van der Waals surface area contributed by atoms with E-state index in [1.807, 2.05) is 44.3 Å². The molecule has 144 valence electrons. The second-order valence-corrected chi connectivity index (χ2v) is 5.66. The zero-order valence-corrected chi connectivity index (χ0v) is 18.0. The van der Waals surface area contributed by atoms with E-state index in [1.54, 1.807) is 0 Å². The van der Waals surface area contributed by atoms with Gasteiger partial charge in [-0.1, -0.05) is 23.4 Å². The molecule has 0 aliphatic rings. The van der Waals surface area contributed by atoms with Gasteiger partial charge in [-0.3, -0.25) is 4.99 Å². The predicted octanol–water partition coefficient (Wildman–Crippen LogP) is 2.90. The predicted molar refractivity (Wildman–Crippen MR) is 113 cm³/mol. The molecule has 0 radical (unpaired) electrons. The van der Waals surface area contributed by atoms with Crippen molar-refractivity contribution in [2.24, 2.45) is 4.99 Å². The van der Waals surface area contributed by atoms with E-state index < -0.39 is 0 Å². The van der Waals surface area contributed by atoms with Gasteiger partial charge in [0.25, 0.3) is 0 Å². The maximum atomic E-state index is 5.74. The summed E-state index contributed by atoms with van der Waals surface area (Å²) in [6, 6.07) is 9.83. The summed E-state index contributed by atoms with van der Waals surface area (Å²) in [6.07, 6.45) is 1.61. The van der Waals surface area contributed by atoms with Gasteiger partial charge in [-0.2, -0.15) is 4.98 Å². The van der Waals surface area contributed by atoms with Crippen LogP contribution in [0, 0.1) is 6.92 Å². The molecule has 0 saturated carbocycles. The first-order chi connectivity index (χ1) is 12.2. The molecule has 1 aromatic heterocycles. The van der Waals surface area contributed by atoms with E-state index in [2.05, 4.69) is 32.3 Å². The average molecular weight is 473 g/mol. The van der Waals surface area contributed by atoms with E-state index >= 15 is 0 Å². The second-order valence-electron chi connectivity index (χ2n) is 5.66. The number of rotatable bonds is 9. The van der Waals surface area contributed by atoms with E-state index in [1.165, 1.54) is 0 Å². The number of benzene rings is 1. The molecule has 0 bridgehead atoms. The lowest BCUT2D eigenvalue weighted by Gasteiger charge is -2.22. The van der Waals surface area contributed by atoms with Gasteiger partial charge in [-0.25, -0.2) is 0 Å². The zero-order chi connectivity index (χ0) is 17.9. The maximum absolute atomic E-state index is 5.74. The zero-order valence-electron chi connectivity index (χ0n) is 15.6. The molecule has 0 spiro atoms. The molecule has 26 heavy (non-hydrogen) atoms. The number of guanidine groups is 1. The molecule has 0 unspecified atom stereocenters. The Kier molecular flexibility index (Phi) is 10.7. The molecular weight excluding hydrogens is 445 g/mol. The molecule has 0 amide bonds. The van der Waals surface area contributed by atoms with Gasteiger partial charge >= 0.3 is 0 Å². The highest BCUT2D eigenvalue weighted by Crippen LogP contribution is 2.07. The molecule has 2 rings (SSSR count). The molecule has 1 heterocycles. The van der Waals surface area contributed by atoms with Crippen molar-refractivity contribution in [1.82, 2.24) is 20.4 Å². The summed E-state index contributed by atoms with van der Waals surface area (Å²) in [4.78, 5) is 10.9. The van der Waals surface area contributed by atoms with Gasteiger partial charge in [0.1, 0.15) is 12.4 Å². The minimum Gasteiger partial charge on any atom is -0.492 e. The van der Waals surface area contributed by atoms with Crippen molar-refractivity contribution in [3.05, 3.63) is 42.0 Å². The number of halogens is 1. The van der Waals surface area contributed by atoms with Crippen LogP contribution in [0.4, 0.5) is 0 Å². The van der Waals surface area contributed by atoms with Gasteiger partial charge in [-0.15, -0.1) is 24.0 Å². The lowest BCUT2D eigenvalue weighted by Crippen LogP contribution is -2.41. The van der Waals surface area contributed by atoms with Gasteiger partial charge in [0.05, 0.1) is 6.54 Å². The molecule has 1 N–H and O–H groups in total. The number of ether oxygens (including phenoxy) is 1. The highest BCUT2D eigenvalue weighted by atomic mass is 127. The van der Waals surface area contributed by atoms with Gasteiger partial charge in [-0.05, 0) is 32.4 Å². The third kappa shape index (κ3) is 8.03.